The van der Waals surface area contributed by atoms with Crippen molar-refractivity contribution in [1.82, 2.24) is 9.97 Å². The molecule has 0 spiro atoms. The summed E-state index contributed by atoms with van der Waals surface area (Å²) in [6.07, 6.45) is 2.55. The van der Waals surface area contributed by atoms with Crippen LogP contribution in [0.3, 0.4) is 0 Å². The van der Waals surface area contributed by atoms with Gasteiger partial charge in [0, 0.05) is 11.9 Å². The van der Waals surface area contributed by atoms with Crippen molar-refractivity contribution in [3.05, 3.63) is 48.0 Å². The molecule has 5 nitrogen and oxygen atoms in total. The van der Waals surface area contributed by atoms with Crippen LogP contribution in [0.2, 0.25) is 0 Å². The fraction of sp³-hybridized carbons (Fsp3) is 0.0769. The summed E-state index contributed by atoms with van der Waals surface area (Å²) in [6, 6.07) is 6.27. The number of oxazole rings is 1. The molecule has 0 bridgehead atoms. The van der Waals surface area contributed by atoms with Crippen LogP contribution < -0.4 is 5.73 Å². The third-order valence-electron chi connectivity index (χ3n) is 2.65. The van der Waals surface area contributed by atoms with Gasteiger partial charge in [-0.25, -0.2) is 13.6 Å². The molecule has 2 aromatic heterocycles. The monoisotopic (exact) mass is 291 g/mol. The van der Waals surface area contributed by atoms with Crippen molar-refractivity contribution in [1.29, 1.82) is 0 Å². The Morgan fingerprint density at radius 2 is 2.15 bits per heavy atom. The van der Waals surface area contributed by atoms with E-state index in [9.17, 15) is 8.60 Å². The molecule has 0 fully saturated rings. The SMILES string of the molecule is Nc1ccc2oc(S(=O)Cc3cncc(F)c3)nc2c1. The average molecular weight is 291 g/mol. The molecule has 1 aromatic carbocycles. The van der Waals surface area contributed by atoms with E-state index in [4.69, 9.17) is 10.2 Å². The molecule has 0 amide bonds. The number of benzene rings is 1. The smallest absolute Gasteiger partial charge is 0.288 e. The van der Waals surface area contributed by atoms with Crippen molar-refractivity contribution in [3.63, 3.8) is 0 Å². The zero-order valence-corrected chi connectivity index (χ0v) is 11.1. The lowest BCUT2D eigenvalue weighted by molar-refractivity contribution is 0.477. The summed E-state index contributed by atoms with van der Waals surface area (Å²) < 4.78 is 30.6. The first kappa shape index (κ1) is 12.7. The van der Waals surface area contributed by atoms with Crippen molar-refractivity contribution in [2.45, 2.75) is 11.0 Å². The summed E-state index contributed by atoms with van der Waals surface area (Å²) in [6.45, 7) is 0. The molecule has 20 heavy (non-hydrogen) atoms. The van der Waals surface area contributed by atoms with Gasteiger partial charge in [0.05, 0.1) is 11.9 Å². The number of halogens is 1. The molecule has 3 rings (SSSR count). The molecule has 0 aliphatic rings. The largest absolute Gasteiger partial charge is 0.430 e. The zero-order valence-electron chi connectivity index (χ0n) is 10.2. The van der Waals surface area contributed by atoms with E-state index in [2.05, 4.69) is 9.97 Å². The molecule has 2 heterocycles. The van der Waals surface area contributed by atoms with Crippen LogP contribution in [0.1, 0.15) is 5.56 Å². The molecule has 0 saturated heterocycles. The van der Waals surface area contributed by atoms with Crippen LogP contribution in [0.15, 0.2) is 46.3 Å². The Morgan fingerprint density at radius 1 is 1.30 bits per heavy atom. The minimum Gasteiger partial charge on any atom is -0.430 e. The molecule has 0 saturated carbocycles. The van der Waals surface area contributed by atoms with Gasteiger partial charge in [-0.2, -0.15) is 0 Å². The lowest BCUT2D eigenvalue weighted by atomic mass is 10.3. The minimum atomic E-state index is -1.51. The van der Waals surface area contributed by atoms with E-state index in [0.717, 1.165) is 6.20 Å². The van der Waals surface area contributed by atoms with Crippen molar-refractivity contribution >= 4 is 27.6 Å². The van der Waals surface area contributed by atoms with E-state index in [1.165, 1.54) is 12.3 Å². The van der Waals surface area contributed by atoms with Crippen LogP contribution in [0.4, 0.5) is 10.1 Å². The normalized spacial score (nSPS) is 12.7. The maximum atomic E-state index is 13.0. The lowest BCUT2D eigenvalue weighted by Gasteiger charge is -1.98. The number of anilines is 1. The van der Waals surface area contributed by atoms with Crippen LogP contribution in [0.5, 0.6) is 0 Å². The number of fused-ring (bicyclic) bond motifs is 1. The summed E-state index contributed by atoms with van der Waals surface area (Å²) in [7, 11) is -1.51. The number of hydrogen-bond acceptors (Lipinski definition) is 5. The summed E-state index contributed by atoms with van der Waals surface area (Å²) in [5.41, 5.74) is 7.77. The van der Waals surface area contributed by atoms with E-state index >= 15 is 0 Å². The maximum Gasteiger partial charge on any atom is 0.288 e. The minimum absolute atomic E-state index is 0.0903. The van der Waals surface area contributed by atoms with Gasteiger partial charge in [0.1, 0.15) is 22.1 Å². The summed E-state index contributed by atoms with van der Waals surface area (Å²) in [5, 5.41) is 0.0925. The standard InChI is InChI=1S/C13H10FN3O2S/c14-9-3-8(5-16-6-9)7-20(18)13-17-11-4-10(15)1-2-12(11)19-13/h1-6H,7,15H2. The third-order valence-corrected chi connectivity index (χ3v) is 3.81. The highest BCUT2D eigenvalue weighted by Gasteiger charge is 2.14. The Bertz CT molecular complexity index is 803. The number of hydrogen-bond donors (Lipinski definition) is 1. The predicted molar refractivity (Wildman–Crippen MR) is 72.7 cm³/mol. The van der Waals surface area contributed by atoms with Gasteiger partial charge in [0.25, 0.3) is 5.22 Å². The van der Waals surface area contributed by atoms with E-state index < -0.39 is 16.6 Å². The average Bonchev–Trinajstić information content (AvgIpc) is 2.81. The van der Waals surface area contributed by atoms with E-state index in [0.29, 0.717) is 22.4 Å². The van der Waals surface area contributed by atoms with Gasteiger partial charge in [-0.05, 0) is 29.8 Å². The highest BCUT2D eigenvalue weighted by molar-refractivity contribution is 7.84. The summed E-state index contributed by atoms with van der Waals surface area (Å²) >= 11 is 0. The number of rotatable bonds is 3. The first-order valence-electron chi connectivity index (χ1n) is 5.76. The highest BCUT2D eigenvalue weighted by Crippen LogP contribution is 2.21. The Balaban J connectivity index is 1.88. The molecule has 3 aromatic rings. The zero-order chi connectivity index (χ0) is 14.1. The summed E-state index contributed by atoms with van der Waals surface area (Å²) in [4.78, 5) is 7.84. The summed E-state index contributed by atoms with van der Waals surface area (Å²) in [5.74, 6) is -0.377. The quantitative estimate of drug-likeness (QED) is 0.748. The molecular formula is C13H10FN3O2S. The molecule has 7 heteroatoms. The van der Waals surface area contributed by atoms with Gasteiger partial charge < -0.3 is 10.2 Å². The van der Waals surface area contributed by atoms with Gasteiger partial charge in [-0.1, -0.05) is 0 Å². The fourth-order valence-corrected chi connectivity index (χ4v) is 2.74. The molecule has 1 unspecified atom stereocenters. The van der Waals surface area contributed by atoms with Crippen LogP contribution >= 0.6 is 0 Å². The van der Waals surface area contributed by atoms with Crippen molar-refractivity contribution in [3.8, 4) is 0 Å². The first-order chi connectivity index (χ1) is 9.61. The van der Waals surface area contributed by atoms with Crippen LogP contribution in [0.25, 0.3) is 11.1 Å². The van der Waals surface area contributed by atoms with Gasteiger partial charge in [-0.15, -0.1) is 0 Å². The van der Waals surface area contributed by atoms with Gasteiger partial charge >= 0.3 is 0 Å². The van der Waals surface area contributed by atoms with Crippen molar-refractivity contribution < 1.29 is 13.0 Å². The Kier molecular flexibility index (Phi) is 3.19. The van der Waals surface area contributed by atoms with Crippen molar-refractivity contribution in [2.75, 3.05) is 5.73 Å². The number of nitrogen functional groups attached to an aromatic ring is 1. The van der Waals surface area contributed by atoms with Gasteiger partial charge in [0.2, 0.25) is 0 Å². The number of nitrogens with zero attached hydrogens (tertiary/aromatic N) is 2. The predicted octanol–water partition coefficient (Wildman–Crippen LogP) is 2.25. The van der Waals surface area contributed by atoms with E-state index in [-0.39, 0.29) is 11.0 Å². The van der Waals surface area contributed by atoms with Crippen molar-refractivity contribution in [2.24, 2.45) is 0 Å². The second kappa shape index (κ2) is 5.01. The van der Waals surface area contributed by atoms with Crippen LogP contribution in [0, 0.1) is 5.82 Å². The maximum absolute atomic E-state index is 13.0. The molecule has 1 atom stereocenters. The molecule has 0 aliphatic carbocycles. The fourth-order valence-electron chi connectivity index (χ4n) is 1.77. The molecule has 0 radical (unpaired) electrons. The molecular weight excluding hydrogens is 281 g/mol. The number of nitrogens with two attached hydrogens (primary N) is 1. The lowest BCUT2D eigenvalue weighted by Crippen LogP contribution is -1.98. The van der Waals surface area contributed by atoms with E-state index in [1.54, 1.807) is 18.2 Å². The topological polar surface area (TPSA) is 82.0 Å². The first-order valence-corrected chi connectivity index (χ1v) is 7.07. The highest BCUT2D eigenvalue weighted by atomic mass is 32.2. The Hall–Kier alpha value is -2.28. The van der Waals surface area contributed by atoms with E-state index in [1.807, 2.05) is 0 Å². The van der Waals surface area contributed by atoms with Crippen LogP contribution in [-0.4, -0.2) is 14.2 Å². The number of aromatic nitrogens is 2. The number of pyridine rings is 1. The second-order valence-electron chi connectivity index (χ2n) is 4.21. The Morgan fingerprint density at radius 3 is 2.95 bits per heavy atom. The van der Waals surface area contributed by atoms with Crippen LogP contribution in [-0.2, 0) is 16.6 Å². The second-order valence-corrected chi connectivity index (χ2v) is 5.54. The molecule has 0 aliphatic heterocycles. The third kappa shape index (κ3) is 2.53. The molecule has 2 N–H and O–H groups in total. The Labute approximate surface area is 116 Å². The van der Waals surface area contributed by atoms with Gasteiger partial charge in [-0.3, -0.25) is 4.98 Å². The molecule has 102 valence electrons. The van der Waals surface area contributed by atoms with Gasteiger partial charge in [0.15, 0.2) is 5.58 Å².